The molecule has 0 aromatic heterocycles. The van der Waals surface area contributed by atoms with E-state index in [0.717, 1.165) is 0 Å². The van der Waals surface area contributed by atoms with Gasteiger partial charge in [0.2, 0.25) is 0 Å². The van der Waals surface area contributed by atoms with E-state index in [2.05, 4.69) is 55.1 Å². The molecule has 0 aliphatic heterocycles. The van der Waals surface area contributed by atoms with Gasteiger partial charge < -0.3 is 0 Å². The Morgan fingerprint density at radius 1 is 1.00 bits per heavy atom. The average molecular weight is 501 g/mol. The molecule has 0 fully saturated rings. The fourth-order valence-electron chi connectivity index (χ4n) is 1.25. The van der Waals surface area contributed by atoms with Crippen LogP contribution < -0.4 is 0 Å². The van der Waals surface area contributed by atoms with Gasteiger partial charge in [-0.15, -0.1) is 0 Å². The Kier molecular flexibility index (Phi) is 10.2. The van der Waals surface area contributed by atoms with E-state index in [9.17, 15) is 0 Å². The van der Waals surface area contributed by atoms with Crippen LogP contribution in [0.4, 0.5) is 0 Å². The van der Waals surface area contributed by atoms with E-state index in [4.69, 9.17) is 0 Å². The molecule has 0 aromatic rings. The predicted molar refractivity (Wildman–Crippen MR) is 78.1 cm³/mol. The fraction of sp³-hybridized carbons (Fsp3) is 1.00. The van der Waals surface area contributed by atoms with Crippen molar-refractivity contribution in [1.82, 2.24) is 0 Å². The van der Waals surface area contributed by atoms with Crippen molar-refractivity contribution in [3.63, 3.8) is 0 Å². The Bertz CT molecular complexity index is 98.7. The van der Waals surface area contributed by atoms with Gasteiger partial charge in [0.05, 0.1) is 0 Å². The SMILES string of the molecule is CCC[CH2][Sn]([I])([CH2]I)[CH2]CCC. The summed E-state index contributed by atoms with van der Waals surface area (Å²) in [7, 11) is 0. The molecule has 0 bridgehead atoms. The van der Waals surface area contributed by atoms with Crippen molar-refractivity contribution >= 4 is 55.6 Å². The van der Waals surface area contributed by atoms with Crippen molar-refractivity contribution in [3.8, 4) is 0 Å². The molecule has 0 aliphatic rings. The van der Waals surface area contributed by atoms with E-state index in [1.807, 2.05) is 0 Å². The maximum absolute atomic E-state index is 2.89. The zero-order chi connectivity index (χ0) is 9.45. The predicted octanol–water partition coefficient (Wildman–Crippen LogP) is 4.94. The first kappa shape index (κ1) is 14.3. The van der Waals surface area contributed by atoms with Crippen molar-refractivity contribution in [2.45, 2.75) is 48.4 Å². The van der Waals surface area contributed by atoms with Gasteiger partial charge in [0.1, 0.15) is 0 Å². The van der Waals surface area contributed by atoms with Gasteiger partial charge in [-0.25, -0.2) is 0 Å². The van der Waals surface area contributed by atoms with Gasteiger partial charge in [-0.2, -0.15) is 0 Å². The van der Waals surface area contributed by atoms with E-state index in [-0.39, 0.29) is 0 Å². The minimum absolute atomic E-state index is 1.39. The normalized spacial score (nSPS) is 12.0. The summed E-state index contributed by atoms with van der Waals surface area (Å²) in [6.07, 6.45) is 5.77. The molecule has 0 radical (unpaired) electrons. The van der Waals surface area contributed by atoms with Crippen LogP contribution in [-0.4, -0.2) is 16.9 Å². The molecule has 0 unspecified atom stereocenters. The van der Waals surface area contributed by atoms with Crippen LogP contribution in [0, 0.1) is 0 Å². The molecule has 0 aromatic carbocycles. The summed E-state index contributed by atoms with van der Waals surface area (Å²) in [6, 6.07) is 0. The second-order valence-corrected chi connectivity index (χ2v) is 34.1. The number of rotatable bonds is 7. The van der Waals surface area contributed by atoms with Crippen LogP contribution in [-0.2, 0) is 0 Å². The molecular formula is C9H20I2Sn. The van der Waals surface area contributed by atoms with E-state index >= 15 is 0 Å². The van der Waals surface area contributed by atoms with Crippen LogP contribution in [0.1, 0.15) is 39.5 Å². The fourth-order valence-corrected chi connectivity index (χ4v) is 18.6. The van der Waals surface area contributed by atoms with Crippen molar-refractivity contribution in [3.05, 3.63) is 0 Å². The maximum atomic E-state index is 2.89. The molecule has 0 amide bonds. The van der Waals surface area contributed by atoms with E-state index < -0.39 is 14.4 Å². The standard InChI is InChI=1S/2C4H9.CH2I.HI.Sn/c2*1-3-4-2;1-2;;/h2*1,3-4H2,2H3;1H2;1H;/q;;;;+1/p-1. The first-order valence-electron chi connectivity index (χ1n) is 4.93. The first-order chi connectivity index (χ1) is 5.68. The Morgan fingerprint density at radius 2 is 1.42 bits per heavy atom. The number of halogens is 2. The molecule has 74 valence electrons. The number of hydrogen-bond donors (Lipinski definition) is 0. The van der Waals surface area contributed by atoms with Gasteiger partial charge in [0.15, 0.2) is 0 Å². The van der Waals surface area contributed by atoms with E-state index in [1.54, 1.807) is 8.87 Å². The van der Waals surface area contributed by atoms with Crippen LogP contribution in [0.15, 0.2) is 0 Å². The van der Waals surface area contributed by atoms with E-state index in [0.29, 0.717) is 0 Å². The number of hydrogen-bond acceptors (Lipinski definition) is 0. The van der Waals surface area contributed by atoms with Gasteiger partial charge in [-0.05, 0) is 0 Å². The van der Waals surface area contributed by atoms with Gasteiger partial charge in [0, 0.05) is 0 Å². The summed E-state index contributed by atoms with van der Waals surface area (Å²) < 4.78 is 4.76. The third-order valence-electron chi connectivity index (χ3n) is 2.20. The van der Waals surface area contributed by atoms with Crippen molar-refractivity contribution in [1.29, 1.82) is 0 Å². The van der Waals surface area contributed by atoms with Crippen LogP contribution in [0.25, 0.3) is 0 Å². The second-order valence-electron chi connectivity index (χ2n) is 3.49. The molecule has 3 heteroatoms. The second kappa shape index (κ2) is 8.56. The topological polar surface area (TPSA) is 0 Å². The van der Waals surface area contributed by atoms with Gasteiger partial charge in [-0.1, -0.05) is 0 Å². The Balaban J connectivity index is 3.70. The average Bonchev–Trinajstić information content (AvgIpc) is 2.11. The van der Waals surface area contributed by atoms with Crippen LogP contribution in [0.2, 0.25) is 8.87 Å². The zero-order valence-electron chi connectivity index (χ0n) is 8.21. The van der Waals surface area contributed by atoms with Gasteiger partial charge in [0.25, 0.3) is 0 Å². The minimum atomic E-state index is -1.53. The molecule has 0 rings (SSSR count). The molecule has 0 N–H and O–H groups in total. The summed E-state index contributed by atoms with van der Waals surface area (Å²) in [6.45, 7) is 4.63. The Morgan fingerprint density at radius 3 is 1.67 bits per heavy atom. The summed E-state index contributed by atoms with van der Waals surface area (Å²) >= 11 is 3.99. The Labute approximate surface area is 105 Å². The van der Waals surface area contributed by atoms with Gasteiger partial charge in [-0.3, -0.25) is 0 Å². The molecular weight excluding hydrogens is 481 g/mol. The van der Waals surface area contributed by atoms with Crippen molar-refractivity contribution < 1.29 is 0 Å². The quantitative estimate of drug-likeness (QED) is 0.264. The molecule has 0 saturated carbocycles. The van der Waals surface area contributed by atoms with Crippen LogP contribution >= 0.6 is 41.2 Å². The zero-order valence-corrected chi connectivity index (χ0v) is 15.4. The summed E-state index contributed by atoms with van der Waals surface area (Å²) in [4.78, 5) is 0. The number of alkyl halides is 1. The Hall–Kier alpha value is 2.26. The van der Waals surface area contributed by atoms with Crippen molar-refractivity contribution in [2.75, 3.05) is 2.44 Å². The molecule has 0 atom stereocenters. The van der Waals surface area contributed by atoms with Crippen LogP contribution in [0.5, 0.6) is 0 Å². The monoisotopic (exact) mass is 502 g/mol. The molecule has 0 aliphatic carbocycles. The van der Waals surface area contributed by atoms with Crippen LogP contribution in [0.3, 0.4) is 0 Å². The van der Waals surface area contributed by atoms with E-state index in [1.165, 1.54) is 28.1 Å². The summed E-state index contributed by atoms with van der Waals surface area (Å²) in [5, 5.41) is 0. The summed E-state index contributed by atoms with van der Waals surface area (Å²) in [5.41, 5.74) is 0. The molecule has 0 saturated heterocycles. The van der Waals surface area contributed by atoms with Gasteiger partial charge >= 0.3 is 106 Å². The molecule has 0 spiro atoms. The molecule has 12 heavy (non-hydrogen) atoms. The first-order valence-corrected chi connectivity index (χ1v) is 20.8. The van der Waals surface area contributed by atoms with Crippen molar-refractivity contribution in [2.24, 2.45) is 0 Å². The third-order valence-corrected chi connectivity index (χ3v) is 40.1. The third kappa shape index (κ3) is 6.67. The number of unbranched alkanes of at least 4 members (excludes halogenated alkanes) is 2. The molecule has 0 heterocycles. The summed E-state index contributed by atoms with van der Waals surface area (Å²) in [5.74, 6) is 0. The molecule has 0 nitrogen and oxygen atoms in total.